The standard InChI is InChI=1S/C15H16N2O4/c1-10-6-7-13(21-10)15(20)17(9-8-14(18)19)12-5-3-2-4-11(12)16/h2-7H,8-9,16H2,1H3,(H,18,19). The maximum Gasteiger partial charge on any atom is 0.305 e. The van der Waals surface area contributed by atoms with Crippen molar-refractivity contribution < 1.29 is 19.1 Å². The number of furan rings is 1. The number of benzene rings is 1. The molecular formula is C15H16N2O4. The molecule has 0 fully saturated rings. The van der Waals surface area contributed by atoms with Crippen LogP contribution in [-0.4, -0.2) is 23.5 Å². The Bertz CT molecular complexity index is 663. The molecule has 1 amide bonds. The lowest BCUT2D eigenvalue weighted by atomic mass is 10.2. The average molecular weight is 288 g/mol. The number of carboxylic acid groups (broad SMARTS) is 1. The van der Waals surface area contributed by atoms with Gasteiger partial charge in [0.15, 0.2) is 5.76 Å². The molecule has 3 N–H and O–H groups in total. The summed E-state index contributed by atoms with van der Waals surface area (Å²) in [5.74, 6) is -0.640. The summed E-state index contributed by atoms with van der Waals surface area (Å²) in [5.41, 5.74) is 6.75. The Morgan fingerprint density at radius 2 is 1.95 bits per heavy atom. The molecule has 0 atom stereocenters. The zero-order valence-electron chi connectivity index (χ0n) is 11.6. The van der Waals surface area contributed by atoms with Crippen molar-refractivity contribution in [2.45, 2.75) is 13.3 Å². The molecule has 21 heavy (non-hydrogen) atoms. The number of para-hydroxylation sites is 2. The van der Waals surface area contributed by atoms with Gasteiger partial charge in [-0.25, -0.2) is 0 Å². The van der Waals surface area contributed by atoms with Gasteiger partial charge in [0.05, 0.1) is 17.8 Å². The SMILES string of the molecule is Cc1ccc(C(=O)N(CCC(=O)O)c2ccccc2N)o1. The molecule has 2 rings (SSSR count). The van der Waals surface area contributed by atoms with Gasteiger partial charge in [-0.2, -0.15) is 0 Å². The van der Waals surface area contributed by atoms with Crippen LogP contribution in [0, 0.1) is 6.92 Å². The van der Waals surface area contributed by atoms with Crippen LogP contribution in [0.2, 0.25) is 0 Å². The van der Waals surface area contributed by atoms with Gasteiger partial charge in [0.2, 0.25) is 0 Å². The van der Waals surface area contributed by atoms with Crippen LogP contribution in [0.5, 0.6) is 0 Å². The molecule has 1 aromatic heterocycles. The maximum absolute atomic E-state index is 12.5. The number of carboxylic acids is 1. The minimum Gasteiger partial charge on any atom is -0.481 e. The summed E-state index contributed by atoms with van der Waals surface area (Å²) in [6.07, 6.45) is -0.181. The first kappa shape index (κ1) is 14.6. The van der Waals surface area contributed by atoms with Gasteiger partial charge in [0, 0.05) is 6.54 Å². The summed E-state index contributed by atoms with van der Waals surface area (Å²) < 4.78 is 5.31. The smallest absolute Gasteiger partial charge is 0.305 e. The number of aryl methyl sites for hydroxylation is 1. The van der Waals surface area contributed by atoms with E-state index in [1.807, 2.05) is 0 Å². The number of hydrogen-bond acceptors (Lipinski definition) is 4. The first-order valence-corrected chi connectivity index (χ1v) is 6.43. The van der Waals surface area contributed by atoms with Crippen LogP contribution in [0.4, 0.5) is 11.4 Å². The lowest BCUT2D eigenvalue weighted by Crippen LogP contribution is -2.33. The lowest BCUT2D eigenvalue weighted by molar-refractivity contribution is -0.136. The van der Waals surface area contributed by atoms with Gasteiger partial charge >= 0.3 is 5.97 Å². The van der Waals surface area contributed by atoms with E-state index in [9.17, 15) is 9.59 Å². The number of amides is 1. The minimum atomic E-state index is -0.988. The fourth-order valence-electron chi connectivity index (χ4n) is 1.95. The second-order valence-corrected chi connectivity index (χ2v) is 4.57. The van der Waals surface area contributed by atoms with Gasteiger partial charge in [-0.1, -0.05) is 12.1 Å². The third-order valence-corrected chi connectivity index (χ3v) is 2.97. The van der Waals surface area contributed by atoms with E-state index in [-0.39, 0.29) is 18.7 Å². The van der Waals surface area contributed by atoms with Gasteiger partial charge in [-0.05, 0) is 31.2 Å². The molecule has 0 spiro atoms. The summed E-state index contributed by atoms with van der Waals surface area (Å²) in [4.78, 5) is 24.6. The zero-order valence-corrected chi connectivity index (χ0v) is 11.6. The molecule has 1 heterocycles. The summed E-state index contributed by atoms with van der Waals surface area (Å²) in [5, 5.41) is 8.84. The third kappa shape index (κ3) is 3.42. The van der Waals surface area contributed by atoms with E-state index in [1.54, 1.807) is 43.3 Å². The fourth-order valence-corrected chi connectivity index (χ4v) is 1.95. The summed E-state index contributed by atoms with van der Waals surface area (Å²) in [6, 6.07) is 10.0. The highest BCUT2D eigenvalue weighted by Crippen LogP contribution is 2.25. The van der Waals surface area contributed by atoms with Crippen molar-refractivity contribution in [2.75, 3.05) is 17.2 Å². The molecule has 0 aliphatic carbocycles. The molecule has 2 aromatic rings. The number of aliphatic carboxylic acids is 1. The van der Waals surface area contributed by atoms with Crippen molar-refractivity contribution in [3.8, 4) is 0 Å². The number of hydrogen-bond donors (Lipinski definition) is 2. The van der Waals surface area contributed by atoms with Crippen molar-refractivity contribution in [2.24, 2.45) is 0 Å². The second-order valence-electron chi connectivity index (χ2n) is 4.57. The van der Waals surface area contributed by atoms with Gasteiger partial charge in [-0.15, -0.1) is 0 Å². The van der Waals surface area contributed by atoms with E-state index in [4.69, 9.17) is 15.3 Å². The molecular weight excluding hydrogens is 272 g/mol. The van der Waals surface area contributed by atoms with Crippen molar-refractivity contribution in [3.05, 3.63) is 47.9 Å². The molecule has 1 aromatic carbocycles. The molecule has 110 valence electrons. The second kappa shape index (κ2) is 6.13. The van der Waals surface area contributed by atoms with E-state index in [1.165, 1.54) is 4.90 Å². The van der Waals surface area contributed by atoms with E-state index >= 15 is 0 Å². The monoisotopic (exact) mass is 288 g/mol. The van der Waals surface area contributed by atoms with Crippen molar-refractivity contribution >= 4 is 23.3 Å². The van der Waals surface area contributed by atoms with E-state index < -0.39 is 11.9 Å². The predicted octanol–water partition coefficient (Wildman–Crippen LogP) is 2.29. The highest BCUT2D eigenvalue weighted by molar-refractivity contribution is 6.06. The van der Waals surface area contributed by atoms with Crippen LogP contribution < -0.4 is 10.6 Å². The molecule has 0 unspecified atom stereocenters. The van der Waals surface area contributed by atoms with Crippen LogP contribution in [-0.2, 0) is 4.79 Å². The number of carbonyl (C=O) groups is 2. The highest BCUT2D eigenvalue weighted by Gasteiger charge is 2.22. The van der Waals surface area contributed by atoms with Gasteiger partial charge in [0.25, 0.3) is 5.91 Å². The lowest BCUT2D eigenvalue weighted by Gasteiger charge is -2.22. The molecule has 6 nitrogen and oxygen atoms in total. The number of carbonyl (C=O) groups excluding carboxylic acids is 1. The quantitative estimate of drug-likeness (QED) is 0.823. The largest absolute Gasteiger partial charge is 0.481 e. The fraction of sp³-hybridized carbons (Fsp3) is 0.200. The maximum atomic E-state index is 12.5. The van der Waals surface area contributed by atoms with Crippen LogP contribution in [0.25, 0.3) is 0 Å². The van der Waals surface area contributed by atoms with Crippen molar-refractivity contribution in [3.63, 3.8) is 0 Å². The number of rotatable bonds is 5. The molecule has 0 saturated heterocycles. The average Bonchev–Trinajstić information content (AvgIpc) is 2.87. The molecule has 0 aliphatic heterocycles. The third-order valence-electron chi connectivity index (χ3n) is 2.97. The molecule has 0 bridgehead atoms. The first-order chi connectivity index (χ1) is 9.99. The molecule has 0 saturated carbocycles. The number of nitrogens with two attached hydrogens (primary N) is 1. The molecule has 0 radical (unpaired) electrons. The number of nitrogen functional groups attached to an aromatic ring is 1. The van der Waals surface area contributed by atoms with Crippen LogP contribution in [0.3, 0.4) is 0 Å². The van der Waals surface area contributed by atoms with E-state index in [2.05, 4.69) is 0 Å². The first-order valence-electron chi connectivity index (χ1n) is 6.43. The van der Waals surface area contributed by atoms with Crippen LogP contribution >= 0.6 is 0 Å². The van der Waals surface area contributed by atoms with Crippen molar-refractivity contribution in [1.29, 1.82) is 0 Å². The highest BCUT2D eigenvalue weighted by atomic mass is 16.4. The van der Waals surface area contributed by atoms with E-state index in [0.717, 1.165) is 0 Å². The normalized spacial score (nSPS) is 10.3. The Kier molecular flexibility index (Phi) is 4.27. The summed E-state index contributed by atoms with van der Waals surface area (Å²) >= 11 is 0. The Morgan fingerprint density at radius 3 is 2.52 bits per heavy atom. The topological polar surface area (TPSA) is 96.8 Å². The Morgan fingerprint density at radius 1 is 1.24 bits per heavy atom. The summed E-state index contributed by atoms with van der Waals surface area (Å²) in [7, 11) is 0. The Hall–Kier alpha value is -2.76. The number of nitrogens with zero attached hydrogens (tertiary/aromatic N) is 1. The summed E-state index contributed by atoms with van der Waals surface area (Å²) in [6.45, 7) is 1.75. The molecule has 0 aliphatic rings. The van der Waals surface area contributed by atoms with Crippen LogP contribution in [0.1, 0.15) is 22.7 Å². The van der Waals surface area contributed by atoms with Crippen LogP contribution in [0.15, 0.2) is 40.8 Å². The zero-order chi connectivity index (χ0) is 15.4. The van der Waals surface area contributed by atoms with Crippen molar-refractivity contribution in [1.82, 2.24) is 0 Å². The van der Waals surface area contributed by atoms with Gasteiger partial charge in [0.1, 0.15) is 5.76 Å². The Balaban J connectivity index is 2.34. The predicted molar refractivity (Wildman–Crippen MR) is 78.2 cm³/mol. The molecule has 6 heteroatoms. The Labute approximate surface area is 121 Å². The van der Waals surface area contributed by atoms with Gasteiger partial charge in [-0.3, -0.25) is 9.59 Å². The van der Waals surface area contributed by atoms with E-state index in [0.29, 0.717) is 17.1 Å². The number of anilines is 2. The van der Waals surface area contributed by atoms with Gasteiger partial charge < -0.3 is 20.2 Å². The minimum absolute atomic E-state index is 0.0160.